The van der Waals surface area contributed by atoms with E-state index in [0.717, 1.165) is 30.3 Å². The van der Waals surface area contributed by atoms with Crippen LogP contribution in [0.1, 0.15) is 20.8 Å². The summed E-state index contributed by atoms with van der Waals surface area (Å²) in [4.78, 5) is 24.3. The van der Waals surface area contributed by atoms with Crippen molar-refractivity contribution in [1.29, 1.82) is 0 Å². The van der Waals surface area contributed by atoms with Crippen LogP contribution in [-0.4, -0.2) is 15.5 Å². The van der Waals surface area contributed by atoms with Crippen molar-refractivity contribution in [3.8, 4) is 9.88 Å². The Labute approximate surface area is 179 Å². The normalized spacial score (nSPS) is 12.3. The molecule has 0 radical (unpaired) electrons. The van der Waals surface area contributed by atoms with Crippen molar-refractivity contribution < 1.29 is 4.79 Å². The van der Waals surface area contributed by atoms with E-state index >= 15 is 0 Å². The zero-order chi connectivity index (χ0) is 20.1. The number of aryl methyl sites for hydroxylation is 3. The maximum absolute atomic E-state index is 12.8. The summed E-state index contributed by atoms with van der Waals surface area (Å²) in [6, 6.07) is 16.2. The number of benzene rings is 2. The van der Waals surface area contributed by atoms with Crippen LogP contribution in [0, 0.1) is 13.8 Å². The van der Waals surface area contributed by atoms with Gasteiger partial charge in [-0.25, -0.2) is 4.98 Å². The van der Waals surface area contributed by atoms with Crippen LogP contribution in [0.15, 0.2) is 53.5 Å². The molecule has 144 valence electrons. The van der Waals surface area contributed by atoms with Crippen LogP contribution < -0.4 is 4.80 Å². The smallest absolute Gasteiger partial charge is 0.289 e. The summed E-state index contributed by atoms with van der Waals surface area (Å²) in [7, 11) is 1.97. The highest BCUT2D eigenvalue weighted by atomic mass is 32.1. The monoisotopic (exact) mass is 435 g/mol. The fraction of sp³-hybridized carbons (Fsp3) is 0.136. The summed E-state index contributed by atoms with van der Waals surface area (Å²) in [5.41, 5.74) is 4.53. The van der Waals surface area contributed by atoms with Gasteiger partial charge < -0.3 is 4.57 Å². The number of nitrogens with zero attached hydrogens (tertiary/aromatic N) is 3. The molecule has 3 heterocycles. The van der Waals surface area contributed by atoms with E-state index < -0.39 is 0 Å². The number of rotatable bonds is 2. The average Bonchev–Trinajstić information content (AvgIpc) is 3.39. The Hall–Kier alpha value is -2.61. The minimum Gasteiger partial charge on any atom is -0.319 e. The summed E-state index contributed by atoms with van der Waals surface area (Å²) in [6.07, 6.45) is 0. The largest absolute Gasteiger partial charge is 0.319 e. The molecule has 5 rings (SSSR count). The average molecular weight is 436 g/mol. The van der Waals surface area contributed by atoms with E-state index in [1.165, 1.54) is 22.5 Å². The molecule has 0 fully saturated rings. The van der Waals surface area contributed by atoms with Gasteiger partial charge in [0.15, 0.2) is 4.80 Å². The first-order valence-electron chi connectivity index (χ1n) is 9.11. The van der Waals surface area contributed by atoms with Crippen LogP contribution in [0.2, 0.25) is 0 Å². The van der Waals surface area contributed by atoms with Crippen LogP contribution in [0.5, 0.6) is 0 Å². The number of carbonyl (C=O) groups is 1. The van der Waals surface area contributed by atoms with Crippen molar-refractivity contribution in [2.45, 2.75) is 13.8 Å². The second kappa shape index (κ2) is 7.02. The van der Waals surface area contributed by atoms with Gasteiger partial charge in [-0.1, -0.05) is 29.5 Å². The summed E-state index contributed by atoms with van der Waals surface area (Å²) < 4.78 is 4.31. The molecule has 0 saturated carbocycles. The standard InChI is InChI=1S/C22H17N3OS3/c1-12-10-13(2)19-18(11-12)29-22(25(19)3)24-20(26)16-8-9-17(27-16)21-23-14-6-4-5-7-15(14)28-21/h4-11H,1-3H3. The maximum Gasteiger partial charge on any atom is 0.289 e. The van der Waals surface area contributed by atoms with E-state index in [-0.39, 0.29) is 5.91 Å². The van der Waals surface area contributed by atoms with Gasteiger partial charge in [-0.2, -0.15) is 4.99 Å². The van der Waals surface area contributed by atoms with Crippen molar-refractivity contribution in [3.63, 3.8) is 0 Å². The minimum absolute atomic E-state index is 0.209. The first-order chi connectivity index (χ1) is 14.0. The number of thiophene rings is 1. The van der Waals surface area contributed by atoms with Crippen molar-refractivity contribution in [3.05, 3.63) is 69.3 Å². The predicted octanol–water partition coefficient (Wildman–Crippen LogP) is 5.94. The van der Waals surface area contributed by atoms with E-state index in [0.29, 0.717) is 9.68 Å². The summed E-state index contributed by atoms with van der Waals surface area (Å²) in [6.45, 7) is 4.18. The molecule has 2 aromatic carbocycles. The fourth-order valence-corrected chi connectivity index (χ4v) is 6.58. The summed E-state index contributed by atoms with van der Waals surface area (Å²) in [5, 5.41) is 0.939. The quantitative estimate of drug-likeness (QED) is 0.345. The summed E-state index contributed by atoms with van der Waals surface area (Å²) >= 11 is 4.64. The lowest BCUT2D eigenvalue weighted by Crippen LogP contribution is -2.13. The van der Waals surface area contributed by atoms with Gasteiger partial charge in [-0.05, 0) is 55.3 Å². The maximum atomic E-state index is 12.8. The number of amides is 1. The third-order valence-corrected chi connectivity index (χ3v) is 8.11. The van der Waals surface area contributed by atoms with Crippen LogP contribution >= 0.6 is 34.0 Å². The molecule has 3 aromatic heterocycles. The predicted molar refractivity (Wildman–Crippen MR) is 123 cm³/mol. The summed E-state index contributed by atoms with van der Waals surface area (Å²) in [5.74, 6) is -0.209. The van der Waals surface area contributed by atoms with Crippen molar-refractivity contribution in [2.24, 2.45) is 12.0 Å². The van der Waals surface area contributed by atoms with Crippen molar-refractivity contribution in [2.75, 3.05) is 0 Å². The molecule has 0 bridgehead atoms. The molecular formula is C22H17N3OS3. The van der Waals surface area contributed by atoms with E-state index in [4.69, 9.17) is 0 Å². The number of aromatic nitrogens is 2. The van der Waals surface area contributed by atoms with E-state index in [2.05, 4.69) is 42.0 Å². The van der Waals surface area contributed by atoms with Gasteiger partial charge in [0.25, 0.3) is 5.91 Å². The SMILES string of the molecule is Cc1cc(C)c2c(c1)sc(=NC(=O)c1ccc(-c3nc4ccccc4s3)s1)n2C. The van der Waals surface area contributed by atoms with Crippen LogP contribution in [0.25, 0.3) is 30.3 Å². The molecule has 1 amide bonds. The molecule has 29 heavy (non-hydrogen) atoms. The Morgan fingerprint density at radius 2 is 1.83 bits per heavy atom. The lowest BCUT2D eigenvalue weighted by Gasteiger charge is -2.01. The molecule has 0 spiro atoms. The molecule has 0 N–H and O–H groups in total. The lowest BCUT2D eigenvalue weighted by molar-refractivity contribution is 0.100. The Morgan fingerprint density at radius 1 is 1.00 bits per heavy atom. The molecule has 0 aliphatic heterocycles. The van der Waals surface area contributed by atoms with Gasteiger partial charge in [-0.15, -0.1) is 22.7 Å². The first-order valence-corrected chi connectivity index (χ1v) is 11.6. The fourth-order valence-electron chi connectivity index (χ4n) is 3.48. The number of para-hydroxylation sites is 1. The van der Waals surface area contributed by atoms with E-state index in [1.807, 2.05) is 41.9 Å². The van der Waals surface area contributed by atoms with Crippen molar-refractivity contribution in [1.82, 2.24) is 9.55 Å². The molecular weight excluding hydrogens is 418 g/mol. The lowest BCUT2D eigenvalue weighted by atomic mass is 10.1. The second-order valence-electron chi connectivity index (χ2n) is 6.94. The highest BCUT2D eigenvalue weighted by molar-refractivity contribution is 7.26. The van der Waals surface area contributed by atoms with Crippen LogP contribution in [0.3, 0.4) is 0 Å². The Balaban J connectivity index is 1.53. The van der Waals surface area contributed by atoms with Gasteiger partial charge in [0, 0.05) is 7.05 Å². The molecule has 0 aliphatic carbocycles. The van der Waals surface area contributed by atoms with E-state index in [9.17, 15) is 4.79 Å². The third-order valence-electron chi connectivity index (χ3n) is 4.75. The third kappa shape index (κ3) is 3.25. The molecule has 0 atom stereocenters. The number of fused-ring (bicyclic) bond motifs is 2. The van der Waals surface area contributed by atoms with Gasteiger partial charge in [0.1, 0.15) is 5.01 Å². The number of hydrogen-bond acceptors (Lipinski definition) is 5. The second-order valence-corrected chi connectivity index (χ2v) is 10.1. The minimum atomic E-state index is -0.209. The highest BCUT2D eigenvalue weighted by Crippen LogP contribution is 2.34. The van der Waals surface area contributed by atoms with Crippen LogP contribution in [-0.2, 0) is 7.05 Å². The zero-order valence-corrected chi connectivity index (χ0v) is 18.5. The molecule has 0 aliphatic rings. The molecule has 7 heteroatoms. The van der Waals surface area contributed by atoms with E-state index in [1.54, 1.807) is 22.7 Å². The van der Waals surface area contributed by atoms with Crippen LogP contribution in [0.4, 0.5) is 0 Å². The number of carbonyl (C=O) groups excluding carboxylic acids is 1. The first kappa shape index (κ1) is 18.4. The Bertz CT molecular complexity index is 1430. The molecule has 0 saturated heterocycles. The number of thiazole rings is 2. The molecule has 0 unspecified atom stereocenters. The molecule has 4 nitrogen and oxygen atoms in total. The number of hydrogen-bond donors (Lipinski definition) is 0. The highest BCUT2D eigenvalue weighted by Gasteiger charge is 2.14. The molecule has 5 aromatic rings. The van der Waals surface area contributed by atoms with Gasteiger partial charge in [0.2, 0.25) is 0 Å². The topological polar surface area (TPSA) is 47.2 Å². The van der Waals surface area contributed by atoms with Gasteiger partial charge in [-0.3, -0.25) is 4.79 Å². The zero-order valence-electron chi connectivity index (χ0n) is 16.1. The van der Waals surface area contributed by atoms with Gasteiger partial charge >= 0.3 is 0 Å². The Morgan fingerprint density at radius 3 is 2.66 bits per heavy atom. The van der Waals surface area contributed by atoms with Gasteiger partial charge in [0.05, 0.1) is 30.2 Å². The Kier molecular flexibility index (Phi) is 4.46. The van der Waals surface area contributed by atoms with Crippen molar-refractivity contribution >= 4 is 60.4 Å².